The third-order valence-electron chi connectivity index (χ3n) is 5.87. The molecule has 2 aliphatic carbocycles. The van der Waals surface area contributed by atoms with Crippen LogP contribution in [0.25, 0.3) is 0 Å². The van der Waals surface area contributed by atoms with Crippen LogP contribution in [0.4, 0.5) is 4.39 Å². The van der Waals surface area contributed by atoms with E-state index in [0.29, 0.717) is 18.9 Å². The number of hydrogen-bond acceptors (Lipinski definition) is 5. The van der Waals surface area contributed by atoms with Gasteiger partial charge in [-0.25, -0.2) is 17.5 Å². The highest BCUT2D eigenvalue weighted by atomic mass is 32.2. The average Bonchev–Trinajstić information content (AvgIpc) is 3.45. The molecule has 2 aliphatic rings. The van der Waals surface area contributed by atoms with Gasteiger partial charge in [0.05, 0.1) is 11.5 Å². The second-order valence-corrected chi connectivity index (χ2v) is 10.0. The number of nitrogens with one attached hydrogen (secondary N) is 1. The van der Waals surface area contributed by atoms with Gasteiger partial charge in [-0.2, -0.15) is 0 Å². The molecule has 2 saturated carbocycles. The molecule has 164 valence electrons. The van der Waals surface area contributed by atoms with Crippen LogP contribution >= 0.6 is 0 Å². The lowest BCUT2D eigenvalue weighted by molar-refractivity contribution is 0.293. The fourth-order valence-corrected chi connectivity index (χ4v) is 5.36. The topological polar surface area (TPSA) is 86.1 Å². The maximum absolute atomic E-state index is 14.3. The number of nitrogens with zero attached hydrogens (tertiary/aromatic N) is 3. The molecule has 1 aromatic heterocycles. The van der Waals surface area contributed by atoms with Crippen LogP contribution in [0, 0.1) is 5.82 Å². The van der Waals surface area contributed by atoms with Gasteiger partial charge in [0.1, 0.15) is 12.2 Å². The van der Waals surface area contributed by atoms with Gasteiger partial charge in [-0.15, -0.1) is 10.2 Å². The maximum atomic E-state index is 14.3. The summed E-state index contributed by atoms with van der Waals surface area (Å²) in [5.74, 6) is 0.934. The van der Waals surface area contributed by atoms with E-state index in [4.69, 9.17) is 4.74 Å². The Kier molecular flexibility index (Phi) is 6.38. The molecule has 1 heterocycles. The molecule has 9 heteroatoms. The van der Waals surface area contributed by atoms with Gasteiger partial charge < -0.3 is 9.30 Å². The van der Waals surface area contributed by atoms with Crippen molar-refractivity contribution in [3.05, 3.63) is 36.2 Å². The van der Waals surface area contributed by atoms with E-state index in [-0.39, 0.29) is 22.7 Å². The summed E-state index contributed by atoms with van der Waals surface area (Å²) >= 11 is 0. The van der Waals surface area contributed by atoms with Crippen molar-refractivity contribution in [1.82, 2.24) is 19.5 Å². The van der Waals surface area contributed by atoms with Gasteiger partial charge in [-0.05, 0) is 63.1 Å². The molecular weight excluding hydrogens is 407 g/mol. The highest BCUT2D eigenvalue weighted by Gasteiger charge is 2.33. The Balaban J connectivity index is 1.42. The van der Waals surface area contributed by atoms with E-state index >= 15 is 0 Å². The first-order chi connectivity index (χ1) is 14.5. The summed E-state index contributed by atoms with van der Waals surface area (Å²) < 4.78 is 50.3. The molecule has 2 fully saturated rings. The van der Waals surface area contributed by atoms with Gasteiger partial charge in [0.15, 0.2) is 11.6 Å². The minimum absolute atomic E-state index is 0.0760. The Bertz CT molecular complexity index is 974. The van der Waals surface area contributed by atoms with Gasteiger partial charge >= 0.3 is 0 Å². The average molecular weight is 437 g/mol. The van der Waals surface area contributed by atoms with Crippen LogP contribution in [0.15, 0.2) is 29.4 Å². The molecule has 2 aromatic rings. The van der Waals surface area contributed by atoms with Crippen molar-refractivity contribution < 1.29 is 17.5 Å². The van der Waals surface area contributed by atoms with Crippen molar-refractivity contribution in [2.75, 3.05) is 6.61 Å². The maximum Gasteiger partial charge on any atom is 0.240 e. The van der Waals surface area contributed by atoms with Crippen LogP contribution in [0.5, 0.6) is 5.75 Å². The van der Waals surface area contributed by atoms with E-state index in [1.54, 1.807) is 6.33 Å². The standard InChI is InChI=1S/C21H29FN4O3S/c1-2-3-11-29-20-10-9-18(13-19(20)22)30(27,28)25-16-5-4-6-17(12-16)26-14-23-24-21(26)15-7-8-15/h9-10,13-17,25H,2-8,11-12H2,1H3/t16-,17+/m0/s1. The Morgan fingerprint density at radius 3 is 2.83 bits per heavy atom. The molecule has 0 saturated heterocycles. The number of hydrogen-bond donors (Lipinski definition) is 1. The zero-order chi connectivity index (χ0) is 21.1. The Morgan fingerprint density at radius 2 is 2.10 bits per heavy atom. The molecule has 0 spiro atoms. The zero-order valence-electron chi connectivity index (χ0n) is 17.3. The number of sulfonamides is 1. The van der Waals surface area contributed by atoms with Crippen molar-refractivity contribution in [3.8, 4) is 5.75 Å². The molecule has 4 rings (SSSR count). The summed E-state index contributed by atoms with van der Waals surface area (Å²) in [5, 5.41) is 8.34. The van der Waals surface area contributed by atoms with Crippen molar-refractivity contribution >= 4 is 10.0 Å². The van der Waals surface area contributed by atoms with Crippen LogP contribution < -0.4 is 9.46 Å². The smallest absolute Gasteiger partial charge is 0.240 e. The molecule has 0 radical (unpaired) electrons. The first-order valence-electron chi connectivity index (χ1n) is 10.8. The minimum Gasteiger partial charge on any atom is -0.491 e. The predicted octanol–water partition coefficient (Wildman–Crippen LogP) is 3.94. The fourth-order valence-electron chi connectivity index (χ4n) is 4.07. The van der Waals surface area contributed by atoms with Crippen molar-refractivity contribution in [2.45, 2.75) is 81.2 Å². The minimum atomic E-state index is -3.82. The lowest BCUT2D eigenvalue weighted by atomic mass is 9.91. The van der Waals surface area contributed by atoms with Gasteiger partial charge in [0.25, 0.3) is 0 Å². The molecule has 30 heavy (non-hydrogen) atoms. The third-order valence-corrected chi connectivity index (χ3v) is 7.39. The van der Waals surface area contributed by atoms with Crippen LogP contribution in [0.1, 0.15) is 76.1 Å². The molecular formula is C21H29FN4O3S. The summed E-state index contributed by atoms with van der Waals surface area (Å²) in [6.45, 7) is 2.43. The van der Waals surface area contributed by atoms with E-state index in [9.17, 15) is 12.8 Å². The Hall–Kier alpha value is -2.00. The second-order valence-electron chi connectivity index (χ2n) is 8.30. The van der Waals surface area contributed by atoms with Crippen molar-refractivity contribution in [1.29, 1.82) is 0 Å². The lowest BCUT2D eigenvalue weighted by Crippen LogP contribution is -2.39. The summed E-state index contributed by atoms with van der Waals surface area (Å²) in [6.07, 6.45) is 9.15. The molecule has 1 N–H and O–H groups in total. The quantitative estimate of drug-likeness (QED) is 0.602. The lowest BCUT2D eigenvalue weighted by Gasteiger charge is -2.31. The first kappa shape index (κ1) is 21.2. The summed E-state index contributed by atoms with van der Waals surface area (Å²) in [7, 11) is -3.82. The summed E-state index contributed by atoms with van der Waals surface area (Å²) in [6, 6.07) is 3.81. The number of ether oxygens (including phenoxy) is 1. The molecule has 0 unspecified atom stereocenters. The van der Waals surface area contributed by atoms with E-state index in [2.05, 4.69) is 19.5 Å². The van der Waals surface area contributed by atoms with Gasteiger partial charge in [0.2, 0.25) is 10.0 Å². The SMILES string of the molecule is CCCCOc1ccc(S(=O)(=O)N[C@H]2CCC[C@@H](n3cnnc3C3CC3)C2)cc1F. The number of benzene rings is 1. The second kappa shape index (κ2) is 9.01. The molecule has 0 amide bonds. The molecule has 0 aliphatic heterocycles. The van der Waals surface area contributed by atoms with E-state index in [0.717, 1.165) is 56.8 Å². The number of halogens is 1. The van der Waals surface area contributed by atoms with E-state index in [1.165, 1.54) is 12.1 Å². The normalized spacial score (nSPS) is 22.2. The highest BCUT2D eigenvalue weighted by Crippen LogP contribution is 2.41. The monoisotopic (exact) mass is 436 g/mol. The summed E-state index contributed by atoms with van der Waals surface area (Å²) in [4.78, 5) is -0.0760. The third kappa shape index (κ3) is 4.83. The van der Waals surface area contributed by atoms with Crippen LogP contribution in [0.2, 0.25) is 0 Å². The van der Waals surface area contributed by atoms with Crippen LogP contribution in [0.3, 0.4) is 0 Å². The van der Waals surface area contributed by atoms with Gasteiger partial charge in [-0.1, -0.05) is 13.3 Å². The van der Waals surface area contributed by atoms with Gasteiger partial charge in [0, 0.05) is 18.0 Å². The van der Waals surface area contributed by atoms with Crippen LogP contribution in [-0.2, 0) is 10.0 Å². The Morgan fingerprint density at radius 1 is 1.27 bits per heavy atom. The van der Waals surface area contributed by atoms with Gasteiger partial charge in [-0.3, -0.25) is 0 Å². The predicted molar refractivity (Wildman–Crippen MR) is 110 cm³/mol. The first-order valence-corrected chi connectivity index (χ1v) is 12.3. The number of unbranched alkanes of at least 4 members (excludes halogenated alkanes) is 1. The van der Waals surface area contributed by atoms with E-state index in [1.807, 2.05) is 6.92 Å². The zero-order valence-corrected chi connectivity index (χ0v) is 18.1. The largest absolute Gasteiger partial charge is 0.491 e. The van der Waals surface area contributed by atoms with E-state index < -0.39 is 15.8 Å². The van der Waals surface area contributed by atoms with Crippen molar-refractivity contribution in [3.63, 3.8) is 0 Å². The molecule has 7 nitrogen and oxygen atoms in total. The molecule has 2 atom stereocenters. The summed E-state index contributed by atoms with van der Waals surface area (Å²) in [5.41, 5.74) is 0. The number of aromatic nitrogens is 3. The number of rotatable bonds is 9. The molecule has 0 bridgehead atoms. The fraction of sp³-hybridized carbons (Fsp3) is 0.619. The molecule has 1 aromatic carbocycles. The van der Waals surface area contributed by atoms with Crippen LogP contribution in [-0.4, -0.2) is 35.8 Å². The Labute approximate surface area is 177 Å². The van der Waals surface area contributed by atoms with Crippen molar-refractivity contribution in [2.24, 2.45) is 0 Å². The highest BCUT2D eigenvalue weighted by molar-refractivity contribution is 7.89.